The lowest BCUT2D eigenvalue weighted by Gasteiger charge is -2.12. The number of carboxylic acids is 4. The van der Waals surface area contributed by atoms with Crippen molar-refractivity contribution < 1.29 is 77.1 Å². The zero-order chi connectivity index (χ0) is 74.0. The third kappa shape index (κ3) is 15.8. The van der Waals surface area contributed by atoms with Crippen LogP contribution in [0.2, 0.25) is 0 Å². The van der Waals surface area contributed by atoms with Gasteiger partial charge < -0.3 is 46.7 Å². The number of amides is 4. The first-order valence-electron chi connectivity index (χ1n) is 33.3. The van der Waals surface area contributed by atoms with E-state index in [0.29, 0.717) is 91.6 Å². The summed E-state index contributed by atoms with van der Waals surface area (Å²) in [5, 5.41) is 46.7. The number of benzene rings is 4. The maximum atomic E-state index is 13.0. The van der Waals surface area contributed by atoms with Crippen LogP contribution in [0.15, 0.2) is 219 Å². The Morgan fingerprint density at radius 2 is 0.594 bits per heavy atom. The molecule has 26 heteroatoms. The number of H-pyrrole nitrogens is 1. The topological polar surface area (TPSA) is 340 Å². The van der Waals surface area contributed by atoms with Gasteiger partial charge in [-0.25, -0.2) is 19.6 Å². The highest BCUT2D eigenvalue weighted by Crippen LogP contribution is 2.38. The molecule has 13 rings (SSSR count). The van der Waals surface area contributed by atoms with Crippen molar-refractivity contribution in [1.29, 1.82) is 0 Å². The van der Waals surface area contributed by atoms with E-state index < -0.39 is 73.7 Å². The molecule has 0 radical (unpaired) electrons. The second kappa shape index (κ2) is 31.4. The minimum atomic E-state index is -1.18. The van der Waals surface area contributed by atoms with Crippen molar-refractivity contribution in [3.05, 3.63) is 286 Å². The summed E-state index contributed by atoms with van der Waals surface area (Å²) in [4.78, 5) is 116. The first kappa shape index (κ1) is 70.4. The first-order valence-corrected chi connectivity index (χ1v) is 33.7. The van der Waals surface area contributed by atoms with E-state index in [4.69, 9.17) is 21.7 Å². The molecule has 106 heavy (non-hydrogen) atoms. The zero-order valence-electron chi connectivity index (χ0n) is 56.3. The van der Waals surface area contributed by atoms with Gasteiger partial charge in [0.15, 0.2) is 51.0 Å². The molecule has 0 saturated carbocycles. The second-order valence-corrected chi connectivity index (χ2v) is 24.9. The molecular weight excluding hydrogens is 1370 g/mol. The van der Waals surface area contributed by atoms with Crippen LogP contribution in [0.5, 0.6) is 0 Å². The van der Waals surface area contributed by atoms with Crippen molar-refractivity contribution in [2.45, 2.75) is 26.2 Å². The van der Waals surface area contributed by atoms with Gasteiger partial charge in [-0.05, 0) is 121 Å². The lowest BCUT2D eigenvalue weighted by molar-refractivity contribution is -0.677. The summed E-state index contributed by atoms with van der Waals surface area (Å²) in [6.45, 7) is -0.987. The number of nitrogens with one attached hydrogen (secondary N) is 6. The fourth-order valence-electron chi connectivity index (χ4n) is 12.7. The van der Waals surface area contributed by atoms with Crippen LogP contribution >= 0.6 is 11.8 Å². The van der Waals surface area contributed by atoms with Gasteiger partial charge in [0.05, 0.1) is 67.1 Å². The monoisotopic (exact) mass is 1440 g/mol. The standard InChI is InChI=1S/C80H62ClN13O12/c81-89-94-67-35-36-68(94)76(66-12-4-8-40-93(66)48-52-19-27-56(28-20-52)80(106)85-44-72(101)102)62-34-32-60(88-62)74(64-10-2-6-38-91(64)46-50-15-23-54(24-16-50)78(104)83-42-70(97)98)58-30-29-57(86-58)73(63-9-1-5-37-90(63)45-49-13-21-53(22-14-49)77(103)82-41-69(95)96)59-31-33-61(87-59)75(67)65-11-3-7-39-92(65)47-51-17-25-55(26-18-51)79(105)84-43-71(99)100/h1-40,89H,41-48H2,(H5-3,82,83,84,85,95,96,97,98,99,100,101,102,103,104,105,106)/p+4. The average molecular weight is 1440 g/mol. The van der Waals surface area contributed by atoms with Crippen LogP contribution in [0.4, 0.5) is 0 Å². The first-order chi connectivity index (χ1) is 51.4. The van der Waals surface area contributed by atoms with Crippen LogP contribution in [0.1, 0.15) is 86.5 Å². The fourth-order valence-corrected chi connectivity index (χ4v) is 12.9. The average Bonchev–Trinajstić information content (AvgIpc) is 1.58. The molecule has 0 aliphatic carbocycles. The molecule has 0 fully saturated rings. The number of aromatic amines is 1. The van der Waals surface area contributed by atoms with E-state index in [0.717, 1.165) is 33.6 Å². The Morgan fingerprint density at radius 1 is 0.340 bits per heavy atom. The summed E-state index contributed by atoms with van der Waals surface area (Å²) in [6.07, 6.45) is 15.6. The normalized spacial score (nSPS) is 11.4. The highest BCUT2D eigenvalue weighted by atomic mass is 35.5. The molecule has 4 amide bonds. The van der Waals surface area contributed by atoms with Crippen LogP contribution in [-0.4, -0.2) is 114 Å². The maximum absolute atomic E-state index is 13.0. The summed E-state index contributed by atoms with van der Waals surface area (Å²) >= 11 is 7.21. The SMILES string of the molecule is O=C(O)CNC(=O)c1ccc(C[n+]2ccccc2-c2c3nc(c(-c4cccc[n+]4Cc4ccc(C(=O)NCC(=O)O)cc4)c4ccc(c(-c5cccc[n+]5Cc5ccc(C(=O)NCC(=O)O)cc5)c5nc(c(-c6cccc[n+]6Cc6ccc(C(=O)NCC(=O)O)cc6)c6ccc2[nH]6)C=C5)n4NCl)C=C3)cc1. The van der Waals surface area contributed by atoms with Crippen molar-refractivity contribution in [3.8, 4) is 45.0 Å². The van der Waals surface area contributed by atoms with Crippen LogP contribution in [-0.2, 0) is 45.4 Å². The number of halogens is 1. The number of hydrogen-bond donors (Lipinski definition) is 10. The number of carboxylic acid groups (broad SMARTS) is 4. The smallest absolute Gasteiger partial charge is 0.322 e. The van der Waals surface area contributed by atoms with Gasteiger partial charge in [0.25, 0.3) is 23.6 Å². The van der Waals surface area contributed by atoms with E-state index in [-0.39, 0.29) is 35.3 Å². The lowest BCUT2D eigenvalue weighted by Crippen LogP contribution is -2.37. The third-order valence-corrected chi connectivity index (χ3v) is 17.8. The van der Waals surface area contributed by atoms with E-state index in [9.17, 15) is 58.8 Å². The number of aromatic nitrogens is 8. The Bertz CT molecular complexity index is 5250. The number of fused-ring (bicyclic) bond motifs is 8. The van der Waals surface area contributed by atoms with Gasteiger partial charge in [-0.3, -0.25) is 38.4 Å². The number of hydrogen-bond acceptors (Lipinski definition) is 11. The van der Waals surface area contributed by atoms with Gasteiger partial charge in [-0.2, -0.15) is 18.3 Å². The molecule has 526 valence electrons. The molecule has 10 N–H and O–H groups in total. The number of rotatable bonds is 25. The molecule has 9 heterocycles. The molecule has 25 nitrogen and oxygen atoms in total. The van der Waals surface area contributed by atoms with E-state index in [2.05, 4.69) is 49.5 Å². The molecule has 0 unspecified atom stereocenters. The van der Waals surface area contributed by atoms with Crippen molar-refractivity contribution in [2.24, 2.45) is 0 Å². The fraction of sp³-hybridized carbons (Fsp3) is 0.100. The Hall–Kier alpha value is -14.1. The summed E-state index contributed by atoms with van der Waals surface area (Å²) in [5.74, 6) is -6.84. The van der Waals surface area contributed by atoms with E-state index in [1.54, 1.807) is 77.5 Å². The molecular formula is C80H66ClN13O12+4. The van der Waals surface area contributed by atoms with Crippen LogP contribution < -0.4 is 44.5 Å². The predicted octanol–water partition coefficient (Wildman–Crippen LogP) is 8.10. The van der Waals surface area contributed by atoms with Crippen LogP contribution in [0, 0.1) is 0 Å². The summed E-state index contributed by atoms with van der Waals surface area (Å²) in [7, 11) is 0. The number of aliphatic carboxylic acids is 4. The number of pyridine rings is 4. The largest absolute Gasteiger partial charge is 0.480 e. The Balaban J connectivity index is 1.07. The van der Waals surface area contributed by atoms with Crippen molar-refractivity contribution in [1.82, 2.24) is 40.9 Å². The molecule has 2 aliphatic rings. The van der Waals surface area contributed by atoms with Crippen LogP contribution in [0.3, 0.4) is 0 Å². The summed E-state index contributed by atoms with van der Waals surface area (Å²) in [6, 6.07) is 58.8. The molecule has 2 aliphatic heterocycles. The van der Waals surface area contributed by atoms with E-state index in [1.165, 1.54) is 0 Å². The van der Waals surface area contributed by atoms with Gasteiger partial charge in [0.2, 0.25) is 22.8 Å². The molecule has 0 atom stereocenters. The highest BCUT2D eigenvalue weighted by molar-refractivity contribution is 6.21. The Labute approximate surface area is 609 Å². The van der Waals surface area contributed by atoms with Crippen molar-refractivity contribution in [2.75, 3.05) is 31.1 Å². The quantitative estimate of drug-likeness (QED) is 0.0191. The zero-order valence-corrected chi connectivity index (χ0v) is 57.1. The Kier molecular flexibility index (Phi) is 20.9. The molecule has 0 spiro atoms. The minimum absolute atomic E-state index is 0.276. The molecule has 8 bridgehead atoms. The molecule has 0 saturated heterocycles. The van der Waals surface area contributed by atoms with Gasteiger partial charge in [-0.15, -0.1) is 0 Å². The van der Waals surface area contributed by atoms with Gasteiger partial charge in [-0.1, -0.05) is 48.5 Å². The van der Waals surface area contributed by atoms with E-state index in [1.807, 2.05) is 170 Å². The van der Waals surface area contributed by atoms with Crippen molar-refractivity contribution >= 4 is 106 Å². The van der Waals surface area contributed by atoms with Gasteiger partial charge in [0.1, 0.15) is 26.2 Å². The van der Waals surface area contributed by atoms with E-state index >= 15 is 0 Å². The molecule has 4 aromatic carbocycles. The van der Waals surface area contributed by atoms with Gasteiger partial charge in [0, 0.05) is 105 Å². The number of carbonyl (C=O) groups excluding carboxylic acids is 4. The van der Waals surface area contributed by atoms with Crippen molar-refractivity contribution in [3.63, 3.8) is 0 Å². The summed E-state index contributed by atoms with van der Waals surface area (Å²) in [5.41, 5.74) is 14.3. The lowest BCUT2D eigenvalue weighted by atomic mass is 10.1. The number of carbonyl (C=O) groups is 8. The minimum Gasteiger partial charge on any atom is -0.480 e. The predicted molar refractivity (Wildman–Crippen MR) is 392 cm³/mol. The molecule has 7 aromatic heterocycles. The second-order valence-electron chi connectivity index (χ2n) is 24.7. The van der Waals surface area contributed by atoms with Gasteiger partial charge >= 0.3 is 23.9 Å². The summed E-state index contributed by atoms with van der Waals surface area (Å²) < 4.78 is 10.0. The van der Waals surface area contributed by atoms with Crippen LogP contribution in [0.25, 0.3) is 91.4 Å². The third-order valence-electron chi connectivity index (χ3n) is 17.7. The molecule has 11 aromatic rings. The highest BCUT2D eigenvalue weighted by Gasteiger charge is 2.30. The number of nitrogens with zero attached hydrogens (tertiary/aromatic N) is 7. The Morgan fingerprint density at radius 3 is 0.849 bits per heavy atom. The maximum Gasteiger partial charge on any atom is 0.322 e.